The van der Waals surface area contributed by atoms with Crippen molar-refractivity contribution in [1.29, 1.82) is 5.41 Å². The predicted octanol–water partition coefficient (Wildman–Crippen LogP) is 2.33. The number of esters is 1. The molecule has 0 bridgehead atoms. The first kappa shape index (κ1) is 16.2. The maximum Gasteiger partial charge on any atom is 0.358 e. The van der Waals surface area contributed by atoms with E-state index in [1.807, 2.05) is 13.0 Å². The molecule has 7 heteroatoms. The SMILES string of the molecule is CCOC(=O)c1cc2nc(N)cc(C)n2n1.N=CC1=CC=C=C1.[HH]. The smallest absolute Gasteiger partial charge is 0.358 e. The van der Waals surface area contributed by atoms with Gasteiger partial charge in [0.15, 0.2) is 11.3 Å². The van der Waals surface area contributed by atoms with Crippen molar-refractivity contribution in [2.24, 2.45) is 0 Å². The number of nitrogen functional groups attached to an aromatic ring is 1. The molecule has 2 heterocycles. The average Bonchev–Trinajstić information content (AvgIpc) is 3.17. The van der Waals surface area contributed by atoms with Gasteiger partial charge in [-0.3, -0.25) is 0 Å². The number of fused-ring (bicyclic) bond motifs is 1. The number of aromatic nitrogens is 3. The third-order valence-corrected chi connectivity index (χ3v) is 2.90. The van der Waals surface area contributed by atoms with Crippen LogP contribution in [0, 0.1) is 12.3 Å². The number of nitrogens with one attached hydrogen (secondary N) is 1. The summed E-state index contributed by atoms with van der Waals surface area (Å²) >= 11 is 0. The Balaban J connectivity index is 0.000000304. The summed E-state index contributed by atoms with van der Waals surface area (Å²) in [4.78, 5) is 15.5. The Labute approximate surface area is 134 Å². The Hall–Kier alpha value is -3.18. The Bertz CT molecular complexity index is 848. The standard InChI is InChI=1S/C10H12N4O2.C6H5N.H2/c1-3-16-10(15)7-5-9-12-8(11)4-6(2)14(9)13-7;7-5-6-3-1-2-4-6;/h4-5H,3H2,1-2H3,(H2,11,12);1,3-5,7H;1H. The number of anilines is 1. The Morgan fingerprint density at radius 2 is 2.35 bits per heavy atom. The number of carbonyl (C=O) groups excluding carboxylic acids is 1. The predicted molar refractivity (Wildman–Crippen MR) is 89.7 cm³/mol. The number of allylic oxidation sites excluding steroid dienone is 3. The summed E-state index contributed by atoms with van der Waals surface area (Å²) in [5.41, 5.74) is 10.9. The van der Waals surface area contributed by atoms with Gasteiger partial charge >= 0.3 is 5.97 Å². The molecule has 2 aromatic heterocycles. The highest BCUT2D eigenvalue weighted by Gasteiger charge is 2.13. The number of aryl methyl sites for hydroxylation is 1. The van der Waals surface area contributed by atoms with Crippen molar-refractivity contribution in [3.8, 4) is 0 Å². The molecule has 0 fully saturated rings. The van der Waals surface area contributed by atoms with Gasteiger partial charge in [0.25, 0.3) is 0 Å². The molecule has 0 saturated carbocycles. The fourth-order valence-electron chi connectivity index (χ4n) is 1.88. The van der Waals surface area contributed by atoms with Gasteiger partial charge in [-0.2, -0.15) is 5.10 Å². The molecule has 0 aromatic carbocycles. The molecule has 0 saturated heterocycles. The molecule has 2 aromatic rings. The Morgan fingerprint density at radius 3 is 2.91 bits per heavy atom. The highest BCUT2D eigenvalue weighted by molar-refractivity contribution is 5.88. The first-order chi connectivity index (χ1) is 11.0. The quantitative estimate of drug-likeness (QED) is 0.514. The second kappa shape index (κ2) is 7.20. The fraction of sp³-hybridized carbons (Fsp3) is 0.188. The summed E-state index contributed by atoms with van der Waals surface area (Å²) in [5, 5.41) is 10.8. The lowest BCUT2D eigenvalue weighted by molar-refractivity contribution is 0.0519. The van der Waals surface area contributed by atoms with E-state index in [1.165, 1.54) is 6.21 Å². The summed E-state index contributed by atoms with van der Waals surface area (Å²) in [7, 11) is 0. The minimum Gasteiger partial charge on any atom is -0.461 e. The summed E-state index contributed by atoms with van der Waals surface area (Å²) in [6.07, 6.45) is 6.71. The number of hydrogen-bond acceptors (Lipinski definition) is 6. The second-order valence-electron chi connectivity index (χ2n) is 4.63. The van der Waals surface area contributed by atoms with Crippen molar-refractivity contribution in [2.75, 3.05) is 12.3 Å². The van der Waals surface area contributed by atoms with E-state index in [1.54, 1.807) is 35.7 Å². The lowest BCUT2D eigenvalue weighted by atomic mass is 10.3. The second-order valence-corrected chi connectivity index (χ2v) is 4.63. The van der Waals surface area contributed by atoms with Gasteiger partial charge in [-0.1, -0.05) is 0 Å². The molecule has 0 radical (unpaired) electrons. The molecule has 0 amide bonds. The summed E-state index contributed by atoms with van der Waals surface area (Å²) < 4.78 is 6.41. The fourth-order valence-corrected chi connectivity index (χ4v) is 1.88. The topological polar surface area (TPSA) is 106 Å². The third-order valence-electron chi connectivity index (χ3n) is 2.90. The monoisotopic (exact) mass is 313 g/mol. The maximum atomic E-state index is 11.5. The molecule has 0 atom stereocenters. The van der Waals surface area contributed by atoms with E-state index < -0.39 is 5.97 Å². The van der Waals surface area contributed by atoms with Crippen molar-refractivity contribution in [2.45, 2.75) is 13.8 Å². The van der Waals surface area contributed by atoms with E-state index in [9.17, 15) is 4.79 Å². The molecule has 0 spiro atoms. The molecular formula is C16H19N5O2. The van der Waals surface area contributed by atoms with E-state index in [2.05, 4.69) is 15.8 Å². The highest BCUT2D eigenvalue weighted by Crippen LogP contribution is 2.11. The zero-order valence-electron chi connectivity index (χ0n) is 12.9. The van der Waals surface area contributed by atoms with Crippen LogP contribution in [0.4, 0.5) is 5.82 Å². The van der Waals surface area contributed by atoms with Crippen LogP contribution < -0.4 is 5.73 Å². The number of hydrogen-bond donors (Lipinski definition) is 2. The summed E-state index contributed by atoms with van der Waals surface area (Å²) in [6, 6.07) is 3.25. The van der Waals surface area contributed by atoms with Gasteiger partial charge in [-0.15, -0.1) is 5.73 Å². The minimum atomic E-state index is -0.453. The lowest BCUT2D eigenvalue weighted by Crippen LogP contribution is -2.06. The lowest BCUT2D eigenvalue weighted by Gasteiger charge is -1.99. The van der Waals surface area contributed by atoms with Gasteiger partial charge in [0, 0.05) is 31.0 Å². The van der Waals surface area contributed by atoms with E-state index in [4.69, 9.17) is 15.9 Å². The summed E-state index contributed by atoms with van der Waals surface area (Å²) in [6.45, 7) is 3.91. The zero-order chi connectivity index (χ0) is 16.8. The first-order valence-electron chi connectivity index (χ1n) is 6.98. The van der Waals surface area contributed by atoms with Crippen LogP contribution in [-0.2, 0) is 4.74 Å². The Morgan fingerprint density at radius 1 is 1.57 bits per heavy atom. The molecule has 0 aliphatic heterocycles. The average molecular weight is 313 g/mol. The van der Waals surface area contributed by atoms with Crippen LogP contribution >= 0.6 is 0 Å². The Kier molecular flexibility index (Phi) is 5.07. The first-order valence-corrected chi connectivity index (χ1v) is 6.98. The molecule has 3 rings (SSSR count). The van der Waals surface area contributed by atoms with Crippen molar-refractivity contribution in [3.05, 3.63) is 53.1 Å². The van der Waals surface area contributed by atoms with Gasteiger partial charge in [0.1, 0.15) is 5.82 Å². The van der Waals surface area contributed by atoms with Crippen molar-refractivity contribution in [1.82, 2.24) is 14.6 Å². The van der Waals surface area contributed by atoms with Crippen LogP contribution in [0.5, 0.6) is 0 Å². The molecule has 1 aliphatic rings. The maximum absolute atomic E-state index is 11.5. The van der Waals surface area contributed by atoms with Crippen molar-refractivity contribution < 1.29 is 11.0 Å². The van der Waals surface area contributed by atoms with E-state index >= 15 is 0 Å². The molecule has 120 valence electrons. The molecule has 7 nitrogen and oxygen atoms in total. The van der Waals surface area contributed by atoms with Crippen molar-refractivity contribution >= 4 is 23.6 Å². The zero-order valence-corrected chi connectivity index (χ0v) is 12.9. The number of nitrogens with two attached hydrogens (primary N) is 1. The van der Waals surface area contributed by atoms with Crippen LogP contribution in [0.1, 0.15) is 24.5 Å². The highest BCUT2D eigenvalue weighted by atomic mass is 16.5. The summed E-state index contributed by atoms with van der Waals surface area (Å²) in [5.74, 6) is -0.0497. The molecule has 1 aliphatic carbocycles. The molecule has 0 unspecified atom stereocenters. The largest absolute Gasteiger partial charge is 0.461 e. The van der Waals surface area contributed by atoms with Crippen LogP contribution in [-0.4, -0.2) is 33.4 Å². The normalized spacial score (nSPS) is 11.8. The minimum absolute atomic E-state index is 0. The number of nitrogens with zero attached hydrogens (tertiary/aromatic N) is 3. The number of ether oxygens (including phenoxy) is 1. The van der Waals surface area contributed by atoms with Gasteiger partial charge in [0.2, 0.25) is 0 Å². The number of rotatable bonds is 3. The van der Waals surface area contributed by atoms with E-state index in [-0.39, 0.29) is 7.12 Å². The van der Waals surface area contributed by atoms with E-state index in [0.29, 0.717) is 18.1 Å². The molecule has 3 N–H and O–H groups in total. The van der Waals surface area contributed by atoms with Gasteiger partial charge < -0.3 is 15.9 Å². The van der Waals surface area contributed by atoms with Crippen LogP contribution in [0.2, 0.25) is 0 Å². The molecular weight excluding hydrogens is 294 g/mol. The van der Waals surface area contributed by atoms with Crippen LogP contribution in [0.15, 0.2) is 41.7 Å². The van der Waals surface area contributed by atoms with Gasteiger partial charge in [0.05, 0.1) is 6.61 Å². The van der Waals surface area contributed by atoms with Crippen LogP contribution in [0.25, 0.3) is 5.65 Å². The van der Waals surface area contributed by atoms with Crippen LogP contribution in [0.3, 0.4) is 0 Å². The van der Waals surface area contributed by atoms with Gasteiger partial charge in [-0.25, -0.2) is 14.3 Å². The van der Waals surface area contributed by atoms with Gasteiger partial charge in [-0.05, 0) is 32.1 Å². The van der Waals surface area contributed by atoms with Crippen molar-refractivity contribution in [3.63, 3.8) is 0 Å². The molecule has 23 heavy (non-hydrogen) atoms. The number of carbonyl (C=O) groups is 1. The van der Waals surface area contributed by atoms with E-state index in [0.717, 1.165) is 11.3 Å². The third kappa shape index (κ3) is 3.93.